The number of methoxy groups -OCH3 is 1. The highest BCUT2D eigenvalue weighted by molar-refractivity contribution is 5.75. The van der Waals surface area contributed by atoms with Crippen molar-refractivity contribution in [2.24, 2.45) is 5.92 Å². The van der Waals surface area contributed by atoms with Crippen molar-refractivity contribution < 1.29 is 19.4 Å². The predicted octanol–water partition coefficient (Wildman–Crippen LogP) is 2.45. The molecule has 0 bridgehead atoms. The molecule has 0 saturated heterocycles. The van der Waals surface area contributed by atoms with Crippen LogP contribution in [-0.2, 0) is 9.53 Å². The lowest BCUT2D eigenvalue weighted by Crippen LogP contribution is -2.43. The Morgan fingerprint density at radius 2 is 1.86 bits per heavy atom. The molecule has 0 aromatic carbocycles. The van der Waals surface area contributed by atoms with Crippen LogP contribution in [0.4, 0.5) is 4.79 Å². The van der Waals surface area contributed by atoms with Gasteiger partial charge in [0.15, 0.2) is 0 Å². The van der Waals surface area contributed by atoms with E-state index in [0.717, 1.165) is 19.4 Å². The molecular weight excluding hydrogens is 284 g/mol. The Labute approximate surface area is 135 Å². The van der Waals surface area contributed by atoms with E-state index in [1.165, 1.54) is 7.11 Å². The van der Waals surface area contributed by atoms with Crippen LogP contribution in [0.2, 0.25) is 0 Å². The number of ether oxygens (including phenoxy) is 1. The van der Waals surface area contributed by atoms with E-state index >= 15 is 0 Å². The first kappa shape index (κ1) is 23.0. The fraction of sp³-hybridized carbons (Fsp3) is 0.875. The summed E-state index contributed by atoms with van der Waals surface area (Å²) >= 11 is 0. The molecule has 132 valence electrons. The molecular formula is C16H34N2O4. The normalized spacial score (nSPS) is 10.5. The van der Waals surface area contributed by atoms with Gasteiger partial charge in [0.2, 0.25) is 5.91 Å². The largest absolute Gasteiger partial charge is 0.453 e. The van der Waals surface area contributed by atoms with Gasteiger partial charge in [-0.3, -0.25) is 4.79 Å². The van der Waals surface area contributed by atoms with E-state index in [1.807, 2.05) is 20.8 Å². The Hall–Kier alpha value is -1.30. The molecule has 0 heterocycles. The van der Waals surface area contributed by atoms with Crippen LogP contribution in [0.5, 0.6) is 0 Å². The van der Waals surface area contributed by atoms with Gasteiger partial charge in [0.25, 0.3) is 0 Å². The first-order chi connectivity index (χ1) is 10.2. The Balaban J connectivity index is 0. The first-order valence-electron chi connectivity index (χ1n) is 7.92. The SMILES string of the molecule is CCCC(=O)NCCC(C)C.COC(=O)NC(C)(C)CCO. The molecule has 0 aliphatic heterocycles. The highest BCUT2D eigenvalue weighted by Crippen LogP contribution is 2.06. The van der Waals surface area contributed by atoms with E-state index in [-0.39, 0.29) is 12.5 Å². The van der Waals surface area contributed by atoms with Crippen molar-refractivity contribution in [2.75, 3.05) is 20.3 Å². The zero-order valence-electron chi connectivity index (χ0n) is 15.0. The summed E-state index contributed by atoms with van der Waals surface area (Å²) in [6.07, 6.45) is 2.73. The molecule has 22 heavy (non-hydrogen) atoms. The van der Waals surface area contributed by atoms with Crippen LogP contribution in [0.25, 0.3) is 0 Å². The summed E-state index contributed by atoms with van der Waals surface area (Å²) in [5.41, 5.74) is -0.401. The molecule has 0 aromatic rings. The first-order valence-corrected chi connectivity index (χ1v) is 7.92. The number of amides is 2. The lowest BCUT2D eigenvalue weighted by atomic mass is 10.0. The molecule has 0 rings (SSSR count). The van der Waals surface area contributed by atoms with Gasteiger partial charge in [-0.05, 0) is 39.0 Å². The Morgan fingerprint density at radius 3 is 2.27 bits per heavy atom. The maximum atomic E-state index is 10.9. The second-order valence-corrected chi connectivity index (χ2v) is 6.26. The zero-order chi connectivity index (χ0) is 17.6. The number of rotatable bonds is 8. The van der Waals surface area contributed by atoms with E-state index in [2.05, 4.69) is 29.2 Å². The fourth-order valence-corrected chi connectivity index (χ4v) is 1.49. The van der Waals surface area contributed by atoms with Gasteiger partial charge < -0.3 is 20.5 Å². The average Bonchev–Trinajstić information content (AvgIpc) is 2.38. The molecule has 2 amide bonds. The number of alkyl carbamates (subject to hydrolysis) is 1. The maximum Gasteiger partial charge on any atom is 0.407 e. The van der Waals surface area contributed by atoms with Gasteiger partial charge in [0, 0.05) is 25.1 Å². The highest BCUT2D eigenvalue weighted by atomic mass is 16.5. The third kappa shape index (κ3) is 16.8. The highest BCUT2D eigenvalue weighted by Gasteiger charge is 2.19. The minimum Gasteiger partial charge on any atom is -0.453 e. The van der Waals surface area contributed by atoms with Crippen LogP contribution in [-0.4, -0.2) is 42.9 Å². The number of carbonyl (C=O) groups is 2. The van der Waals surface area contributed by atoms with E-state index in [1.54, 1.807) is 0 Å². The second-order valence-electron chi connectivity index (χ2n) is 6.26. The Kier molecular flexibility index (Phi) is 14.0. The van der Waals surface area contributed by atoms with Gasteiger partial charge in [-0.25, -0.2) is 4.79 Å². The van der Waals surface area contributed by atoms with Crippen LogP contribution >= 0.6 is 0 Å². The van der Waals surface area contributed by atoms with Crippen LogP contribution < -0.4 is 10.6 Å². The molecule has 0 aliphatic carbocycles. The second kappa shape index (κ2) is 13.4. The third-order valence-electron chi connectivity index (χ3n) is 2.88. The number of carbonyl (C=O) groups excluding carboxylic acids is 2. The van der Waals surface area contributed by atoms with Crippen molar-refractivity contribution >= 4 is 12.0 Å². The minimum absolute atomic E-state index is 0.0526. The topological polar surface area (TPSA) is 87.7 Å². The summed E-state index contributed by atoms with van der Waals surface area (Å²) in [7, 11) is 1.31. The summed E-state index contributed by atoms with van der Waals surface area (Å²) in [5, 5.41) is 14.1. The summed E-state index contributed by atoms with van der Waals surface area (Å²) in [4.78, 5) is 21.6. The number of aliphatic hydroxyl groups is 1. The molecule has 0 fully saturated rings. The van der Waals surface area contributed by atoms with Crippen molar-refractivity contribution in [3.05, 3.63) is 0 Å². The fourth-order valence-electron chi connectivity index (χ4n) is 1.49. The number of hydrogen-bond acceptors (Lipinski definition) is 4. The van der Waals surface area contributed by atoms with Crippen molar-refractivity contribution in [1.29, 1.82) is 0 Å². The van der Waals surface area contributed by atoms with Gasteiger partial charge in [-0.2, -0.15) is 0 Å². The lowest BCUT2D eigenvalue weighted by Gasteiger charge is -2.23. The predicted molar refractivity (Wildman–Crippen MR) is 88.7 cm³/mol. The summed E-state index contributed by atoms with van der Waals surface area (Å²) in [5.74, 6) is 0.866. The van der Waals surface area contributed by atoms with E-state index in [0.29, 0.717) is 18.8 Å². The van der Waals surface area contributed by atoms with Crippen LogP contribution in [0, 0.1) is 5.92 Å². The standard InChI is InChI=1S/C9H19NO.C7H15NO3/c1-4-5-9(11)10-7-6-8(2)3;1-7(2,4-5-9)8-6(10)11-3/h8H,4-7H2,1-3H3,(H,10,11);9H,4-5H2,1-3H3,(H,8,10). The molecule has 0 aliphatic rings. The smallest absolute Gasteiger partial charge is 0.407 e. The lowest BCUT2D eigenvalue weighted by molar-refractivity contribution is -0.121. The molecule has 6 nitrogen and oxygen atoms in total. The Morgan fingerprint density at radius 1 is 1.27 bits per heavy atom. The van der Waals surface area contributed by atoms with Crippen LogP contribution in [0.1, 0.15) is 60.3 Å². The summed E-state index contributed by atoms with van der Waals surface area (Å²) < 4.78 is 4.40. The maximum absolute atomic E-state index is 10.9. The molecule has 0 atom stereocenters. The van der Waals surface area contributed by atoms with Crippen LogP contribution in [0.3, 0.4) is 0 Å². The molecule has 6 heteroatoms. The Bertz CT molecular complexity index is 305. The minimum atomic E-state index is -0.469. The monoisotopic (exact) mass is 318 g/mol. The molecule has 0 radical (unpaired) electrons. The molecule has 3 N–H and O–H groups in total. The third-order valence-corrected chi connectivity index (χ3v) is 2.88. The molecule has 0 spiro atoms. The number of aliphatic hydroxyl groups excluding tert-OH is 1. The van der Waals surface area contributed by atoms with Gasteiger partial charge in [-0.15, -0.1) is 0 Å². The van der Waals surface area contributed by atoms with Gasteiger partial charge in [0.05, 0.1) is 7.11 Å². The quantitative estimate of drug-likeness (QED) is 0.641. The molecule has 0 aromatic heterocycles. The molecule has 0 unspecified atom stereocenters. The summed E-state index contributed by atoms with van der Waals surface area (Å²) in [6, 6.07) is 0. The van der Waals surface area contributed by atoms with E-state index < -0.39 is 11.6 Å². The number of hydrogen-bond donors (Lipinski definition) is 3. The summed E-state index contributed by atoms with van der Waals surface area (Å²) in [6.45, 7) is 10.9. The zero-order valence-corrected chi connectivity index (χ0v) is 15.0. The number of nitrogens with one attached hydrogen (secondary N) is 2. The van der Waals surface area contributed by atoms with E-state index in [4.69, 9.17) is 5.11 Å². The van der Waals surface area contributed by atoms with Gasteiger partial charge >= 0.3 is 6.09 Å². The van der Waals surface area contributed by atoms with Gasteiger partial charge in [0.1, 0.15) is 0 Å². The van der Waals surface area contributed by atoms with E-state index in [9.17, 15) is 9.59 Å². The van der Waals surface area contributed by atoms with Crippen molar-refractivity contribution in [3.63, 3.8) is 0 Å². The molecule has 0 saturated carbocycles. The van der Waals surface area contributed by atoms with Crippen molar-refractivity contribution in [1.82, 2.24) is 10.6 Å². The van der Waals surface area contributed by atoms with Crippen molar-refractivity contribution in [2.45, 2.75) is 65.8 Å². The average molecular weight is 318 g/mol. The van der Waals surface area contributed by atoms with Gasteiger partial charge in [-0.1, -0.05) is 20.8 Å². The van der Waals surface area contributed by atoms with Crippen molar-refractivity contribution in [3.8, 4) is 0 Å². The van der Waals surface area contributed by atoms with Crippen LogP contribution in [0.15, 0.2) is 0 Å².